The van der Waals surface area contributed by atoms with E-state index in [0.717, 1.165) is 0 Å². The number of Topliss-reactive ketones (excluding diaryl/α,β-unsaturated/α-hetero) is 1. The fraction of sp³-hybridized carbons (Fsp3) is 0.0714. The topological polar surface area (TPSA) is 67.2 Å². The summed E-state index contributed by atoms with van der Waals surface area (Å²) >= 11 is 1.92. The van der Waals surface area contributed by atoms with Crippen LogP contribution in [0.5, 0.6) is 0 Å². The standard InChI is InChI=1S/C14H8INO3/c1-19-14(18)11(7-16)12-8-4-2-3-5-9(8)13(17)10(12)6-15/h2-6H,1H3/b10-6-,12-11+. The molecule has 1 aromatic rings. The molecule has 0 fully saturated rings. The van der Waals surface area contributed by atoms with Gasteiger partial charge in [-0.25, -0.2) is 4.79 Å². The van der Waals surface area contributed by atoms with Crippen molar-refractivity contribution in [1.29, 1.82) is 5.26 Å². The van der Waals surface area contributed by atoms with E-state index in [9.17, 15) is 9.59 Å². The third kappa shape index (κ3) is 2.08. The number of ether oxygens (including phenoxy) is 1. The molecule has 0 atom stereocenters. The summed E-state index contributed by atoms with van der Waals surface area (Å²) in [7, 11) is 1.20. The van der Waals surface area contributed by atoms with Crippen molar-refractivity contribution >= 4 is 39.9 Å². The predicted octanol–water partition coefficient (Wildman–Crippen LogP) is 2.65. The Bertz CT molecular complexity index is 680. The van der Waals surface area contributed by atoms with Gasteiger partial charge in [0.15, 0.2) is 5.78 Å². The number of rotatable bonds is 1. The van der Waals surface area contributed by atoms with Gasteiger partial charge in [0.05, 0.1) is 7.11 Å². The van der Waals surface area contributed by atoms with Crippen LogP contribution in [0, 0.1) is 11.3 Å². The molecule has 5 heteroatoms. The minimum absolute atomic E-state index is 0.149. The van der Waals surface area contributed by atoms with E-state index < -0.39 is 5.97 Å². The number of hydrogen-bond acceptors (Lipinski definition) is 4. The van der Waals surface area contributed by atoms with E-state index in [1.807, 2.05) is 28.7 Å². The van der Waals surface area contributed by atoms with Gasteiger partial charge in [-0.05, 0) is 9.65 Å². The zero-order valence-electron chi connectivity index (χ0n) is 9.94. The number of methoxy groups -OCH3 is 1. The zero-order valence-corrected chi connectivity index (χ0v) is 12.1. The third-order valence-corrected chi connectivity index (χ3v) is 3.44. The van der Waals surface area contributed by atoms with Crippen molar-refractivity contribution in [3.8, 4) is 6.07 Å². The van der Waals surface area contributed by atoms with E-state index in [2.05, 4.69) is 4.74 Å². The molecule has 0 bridgehead atoms. The molecule has 4 nitrogen and oxygen atoms in total. The Balaban J connectivity index is 2.82. The summed E-state index contributed by atoms with van der Waals surface area (Å²) in [5.74, 6) is -0.922. The van der Waals surface area contributed by atoms with Crippen LogP contribution in [-0.2, 0) is 9.53 Å². The lowest BCUT2D eigenvalue weighted by Gasteiger charge is -2.04. The number of esters is 1. The van der Waals surface area contributed by atoms with Crippen LogP contribution < -0.4 is 0 Å². The van der Waals surface area contributed by atoms with Gasteiger partial charge in [0.2, 0.25) is 0 Å². The maximum absolute atomic E-state index is 12.2. The summed E-state index contributed by atoms with van der Waals surface area (Å²) in [6, 6.07) is 8.73. The van der Waals surface area contributed by atoms with Gasteiger partial charge in [-0.1, -0.05) is 46.9 Å². The van der Waals surface area contributed by atoms with Crippen molar-refractivity contribution in [3.63, 3.8) is 0 Å². The fourth-order valence-corrected chi connectivity index (χ4v) is 2.58. The van der Waals surface area contributed by atoms with Gasteiger partial charge in [-0.15, -0.1) is 0 Å². The van der Waals surface area contributed by atoms with Crippen LogP contribution in [0.3, 0.4) is 0 Å². The first kappa shape index (κ1) is 13.5. The Morgan fingerprint density at radius 2 is 2.00 bits per heavy atom. The Morgan fingerprint density at radius 1 is 1.37 bits per heavy atom. The van der Waals surface area contributed by atoms with Crippen molar-refractivity contribution < 1.29 is 14.3 Å². The molecular weight excluding hydrogens is 357 g/mol. The summed E-state index contributed by atoms with van der Waals surface area (Å²) in [6.07, 6.45) is 0. The average Bonchev–Trinajstić information content (AvgIpc) is 2.73. The number of carbonyl (C=O) groups is 2. The second-order valence-electron chi connectivity index (χ2n) is 3.75. The normalized spacial score (nSPS) is 17.9. The number of hydrogen-bond donors (Lipinski definition) is 0. The van der Waals surface area contributed by atoms with Crippen molar-refractivity contribution in [2.45, 2.75) is 0 Å². The molecule has 1 aliphatic carbocycles. The van der Waals surface area contributed by atoms with Crippen LogP contribution in [0.25, 0.3) is 5.57 Å². The van der Waals surface area contributed by atoms with Crippen LogP contribution in [0.2, 0.25) is 0 Å². The Morgan fingerprint density at radius 3 is 2.53 bits per heavy atom. The van der Waals surface area contributed by atoms with Crippen molar-refractivity contribution in [2.75, 3.05) is 7.11 Å². The van der Waals surface area contributed by atoms with E-state index in [1.54, 1.807) is 28.3 Å². The zero-order chi connectivity index (χ0) is 14.0. The molecule has 0 radical (unpaired) electrons. The van der Waals surface area contributed by atoms with Crippen molar-refractivity contribution in [1.82, 2.24) is 0 Å². The number of nitrogens with zero attached hydrogens (tertiary/aromatic N) is 1. The number of nitriles is 1. The fourth-order valence-electron chi connectivity index (χ4n) is 1.98. The summed E-state index contributed by atoms with van der Waals surface area (Å²) in [5.41, 5.74) is 1.64. The van der Waals surface area contributed by atoms with E-state index in [0.29, 0.717) is 22.3 Å². The molecule has 0 aromatic heterocycles. The van der Waals surface area contributed by atoms with Crippen LogP contribution >= 0.6 is 22.6 Å². The van der Waals surface area contributed by atoms with Crippen LogP contribution in [0.15, 0.2) is 39.5 Å². The number of ketones is 1. The molecule has 0 saturated heterocycles. The molecule has 0 aliphatic heterocycles. The lowest BCUT2D eigenvalue weighted by atomic mass is 10.0. The van der Waals surface area contributed by atoms with Gasteiger partial charge in [0, 0.05) is 16.7 Å². The molecule has 19 heavy (non-hydrogen) atoms. The van der Waals surface area contributed by atoms with Crippen LogP contribution in [0.4, 0.5) is 0 Å². The van der Waals surface area contributed by atoms with Gasteiger partial charge in [-0.2, -0.15) is 5.26 Å². The number of benzene rings is 1. The molecule has 0 N–H and O–H groups in total. The molecule has 2 rings (SSSR count). The highest BCUT2D eigenvalue weighted by Crippen LogP contribution is 2.39. The molecule has 0 saturated carbocycles. The van der Waals surface area contributed by atoms with Gasteiger partial charge < -0.3 is 4.74 Å². The second kappa shape index (κ2) is 5.36. The molecule has 0 heterocycles. The number of carbonyl (C=O) groups excluding carboxylic acids is 2. The number of allylic oxidation sites excluding steroid dienone is 2. The quantitative estimate of drug-likeness (QED) is 0.332. The molecule has 1 aromatic carbocycles. The van der Waals surface area contributed by atoms with Gasteiger partial charge in [-0.3, -0.25) is 4.79 Å². The molecule has 0 spiro atoms. The first-order valence-electron chi connectivity index (χ1n) is 5.33. The van der Waals surface area contributed by atoms with E-state index in [4.69, 9.17) is 5.26 Å². The van der Waals surface area contributed by atoms with Crippen LogP contribution in [0.1, 0.15) is 15.9 Å². The Hall–Kier alpha value is -1.94. The summed E-state index contributed by atoms with van der Waals surface area (Å²) < 4.78 is 6.18. The first-order chi connectivity index (χ1) is 9.15. The lowest BCUT2D eigenvalue weighted by Crippen LogP contribution is -2.06. The maximum atomic E-state index is 12.2. The summed E-state index contributed by atoms with van der Waals surface area (Å²) in [6.45, 7) is 0. The van der Waals surface area contributed by atoms with E-state index in [1.165, 1.54) is 7.11 Å². The van der Waals surface area contributed by atoms with Gasteiger partial charge >= 0.3 is 5.97 Å². The molecule has 0 amide bonds. The first-order valence-corrected chi connectivity index (χ1v) is 6.57. The largest absolute Gasteiger partial charge is 0.465 e. The predicted molar refractivity (Wildman–Crippen MR) is 77.4 cm³/mol. The summed E-state index contributed by atoms with van der Waals surface area (Å²) in [4.78, 5) is 23.9. The molecular formula is C14H8INO3. The second-order valence-corrected chi connectivity index (χ2v) is 4.37. The minimum Gasteiger partial charge on any atom is -0.465 e. The smallest absolute Gasteiger partial charge is 0.349 e. The average molecular weight is 365 g/mol. The number of halogens is 1. The monoisotopic (exact) mass is 365 g/mol. The maximum Gasteiger partial charge on any atom is 0.349 e. The molecule has 1 aliphatic rings. The van der Waals surface area contributed by atoms with Gasteiger partial charge in [0.25, 0.3) is 0 Å². The van der Waals surface area contributed by atoms with Crippen molar-refractivity contribution in [3.05, 3.63) is 50.6 Å². The lowest BCUT2D eigenvalue weighted by molar-refractivity contribution is -0.135. The Labute approximate surface area is 123 Å². The SMILES string of the molecule is COC(=O)/C(C#N)=C1/C(=C/I)C(=O)c2ccccc21. The highest BCUT2D eigenvalue weighted by Gasteiger charge is 2.33. The molecule has 94 valence electrons. The highest BCUT2D eigenvalue weighted by atomic mass is 127. The summed E-state index contributed by atoms with van der Waals surface area (Å²) in [5, 5.41) is 9.16. The number of fused-ring (bicyclic) bond motifs is 1. The van der Waals surface area contributed by atoms with Gasteiger partial charge in [0.1, 0.15) is 11.6 Å². The van der Waals surface area contributed by atoms with E-state index in [-0.39, 0.29) is 11.4 Å². The Kier molecular flexibility index (Phi) is 3.81. The van der Waals surface area contributed by atoms with Crippen molar-refractivity contribution in [2.24, 2.45) is 0 Å². The third-order valence-electron chi connectivity index (χ3n) is 2.82. The minimum atomic E-state index is -0.738. The molecule has 0 unspecified atom stereocenters. The van der Waals surface area contributed by atoms with E-state index >= 15 is 0 Å². The van der Waals surface area contributed by atoms with Crippen LogP contribution in [-0.4, -0.2) is 18.9 Å². The highest BCUT2D eigenvalue weighted by molar-refractivity contribution is 14.1.